The highest BCUT2D eigenvalue weighted by molar-refractivity contribution is 7.91. The van der Waals surface area contributed by atoms with E-state index in [1.54, 1.807) is 18.5 Å². The molecule has 0 bridgehead atoms. The lowest BCUT2D eigenvalue weighted by atomic mass is 10.0. The van der Waals surface area contributed by atoms with Crippen molar-refractivity contribution in [1.82, 2.24) is 15.2 Å². The number of hydrogen-bond acceptors (Lipinski definition) is 6. The number of aromatic nitrogens is 3. The molecule has 0 amide bonds. The zero-order valence-corrected chi connectivity index (χ0v) is 15.3. The normalized spacial score (nSPS) is 11.6. The second-order valence-electron chi connectivity index (χ2n) is 6.20. The van der Waals surface area contributed by atoms with Gasteiger partial charge in [0.25, 0.3) is 6.47 Å². The summed E-state index contributed by atoms with van der Waals surface area (Å²) in [6.45, 7) is 2.60. The molecular formula is C18H19N3O4S. The molecule has 2 aromatic heterocycles. The van der Waals surface area contributed by atoms with Crippen molar-refractivity contribution >= 4 is 27.2 Å². The summed E-state index contributed by atoms with van der Waals surface area (Å²) in [7, 11) is -3.42. The fourth-order valence-corrected chi connectivity index (χ4v) is 3.78. The Balaban J connectivity index is 2.01. The number of rotatable bonds is 7. The Morgan fingerprint density at radius 3 is 2.81 bits per heavy atom. The lowest BCUT2D eigenvalue weighted by Gasteiger charge is -2.09. The SMILES string of the molecule is Cc1cnc2c(S(C)(=O)=O)cc(Cc3n[nH]cc3CCOC=O)cc2c1. The molecule has 7 nitrogen and oxygen atoms in total. The Bertz CT molecular complexity index is 1060. The van der Waals surface area contributed by atoms with Crippen LogP contribution in [0.1, 0.15) is 22.4 Å². The first-order chi connectivity index (χ1) is 12.4. The molecule has 0 saturated carbocycles. The van der Waals surface area contributed by atoms with Crippen molar-refractivity contribution in [3.63, 3.8) is 0 Å². The van der Waals surface area contributed by atoms with Crippen LogP contribution in [0.2, 0.25) is 0 Å². The average molecular weight is 373 g/mol. The molecule has 0 radical (unpaired) electrons. The second kappa shape index (κ2) is 7.25. The molecule has 26 heavy (non-hydrogen) atoms. The molecule has 3 aromatic rings. The number of aromatic amines is 1. The van der Waals surface area contributed by atoms with Gasteiger partial charge in [0.15, 0.2) is 9.84 Å². The first kappa shape index (κ1) is 18.1. The van der Waals surface area contributed by atoms with Crippen LogP contribution in [0.15, 0.2) is 35.5 Å². The van der Waals surface area contributed by atoms with Crippen molar-refractivity contribution in [2.45, 2.75) is 24.7 Å². The van der Waals surface area contributed by atoms with Crippen molar-refractivity contribution in [3.05, 3.63) is 53.0 Å². The summed E-state index contributed by atoms with van der Waals surface area (Å²) in [4.78, 5) is 14.8. The molecule has 8 heteroatoms. The van der Waals surface area contributed by atoms with E-state index in [9.17, 15) is 13.2 Å². The van der Waals surface area contributed by atoms with E-state index in [0.29, 0.717) is 24.8 Å². The van der Waals surface area contributed by atoms with Crippen LogP contribution < -0.4 is 0 Å². The summed E-state index contributed by atoms with van der Waals surface area (Å²) in [5.41, 5.74) is 3.98. The molecule has 0 aliphatic carbocycles. The van der Waals surface area contributed by atoms with Gasteiger partial charge >= 0.3 is 0 Å². The lowest BCUT2D eigenvalue weighted by Crippen LogP contribution is -2.03. The molecule has 2 heterocycles. The van der Waals surface area contributed by atoms with Gasteiger partial charge in [-0.15, -0.1) is 0 Å². The van der Waals surface area contributed by atoms with E-state index >= 15 is 0 Å². The smallest absolute Gasteiger partial charge is 0.293 e. The van der Waals surface area contributed by atoms with Crippen LogP contribution in [0.5, 0.6) is 0 Å². The molecule has 1 aromatic carbocycles. The maximum Gasteiger partial charge on any atom is 0.293 e. The number of sulfone groups is 1. The first-order valence-electron chi connectivity index (χ1n) is 8.04. The van der Waals surface area contributed by atoms with Gasteiger partial charge in [0.2, 0.25) is 0 Å². The minimum absolute atomic E-state index is 0.214. The van der Waals surface area contributed by atoms with E-state index in [1.807, 2.05) is 19.1 Å². The minimum Gasteiger partial charge on any atom is -0.468 e. The van der Waals surface area contributed by atoms with E-state index in [0.717, 1.165) is 27.8 Å². The van der Waals surface area contributed by atoms with Crippen molar-refractivity contribution in [2.75, 3.05) is 12.9 Å². The zero-order valence-electron chi connectivity index (χ0n) is 14.5. The summed E-state index contributed by atoms with van der Waals surface area (Å²) in [5, 5.41) is 7.84. The first-order valence-corrected chi connectivity index (χ1v) is 9.93. The monoisotopic (exact) mass is 373 g/mol. The lowest BCUT2D eigenvalue weighted by molar-refractivity contribution is -0.128. The highest BCUT2D eigenvalue weighted by Crippen LogP contribution is 2.26. The van der Waals surface area contributed by atoms with Crippen LogP contribution in [0.4, 0.5) is 0 Å². The Hall–Kier alpha value is -2.74. The number of H-pyrrole nitrogens is 1. The molecule has 136 valence electrons. The van der Waals surface area contributed by atoms with Gasteiger partial charge in [-0.25, -0.2) is 8.42 Å². The summed E-state index contributed by atoms with van der Waals surface area (Å²) in [5.74, 6) is 0. The molecule has 0 fully saturated rings. The Morgan fingerprint density at radius 1 is 1.27 bits per heavy atom. The largest absolute Gasteiger partial charge is 0.468 e. The Morgan fingerprint density at radius 2 is 2.08 bits per heavy atom. The minimum atomic E-state index is -3.42. The maximum absolute atomic E-state index is 12.2. The van der Waals surface area contributed by atoms with Crippen molar-refractivity contribution in [3.8, 4) is 0 Å². The molecule has 0 spiro atoms. The van der Waals surface area contributed by atoms with Crippen LogP contribution in [0.25, 0.3) is 10.9 Å². The highest BCUT2D eigenvalue weighted by Gasteiger charge is 2.16. The van der Waals surface area contributed by atoms with Gasteiger partial charge in [-0.05, 0) is 41.8 Å². The number of carbonyl (C=O) groups excluding carboxylic acids is 1. The predicted octanol–water partition coefficient (Wildman–Crippen LogP) is 1.98. The maximum atomic E-state index is 12.2. The van der Waals surface area contributed by atoms with Crippen LogP contribution in [0.3, 0.4) is 0 Å². The third-order valence-corrected chi connectivity index (χ3v) is 5.19. The third kappa shape index (κ3) is 3.91. The van der Waals surface area contributed by atoms with Gasteiger partial charge in [-0.1, -0.05) is 0 Å². The highest BCUT2D eigenvalue weighted by atomic mass is 32.2. The number of benzene rings is 1. The zero-order chi connectivity index (χ0) is 18.7. The van der Waals surface area contributed by atoms with Gasteiger partial charge in [-0.2, -0.15) is 5.10 Å². The van der Waals surface area contributed by atoms with Crippen molar-refractivity contribution in [2.24, 2.45) is 0 Å². The molecule has 0 atom stereocenters. The molecule has 0 saturated heterocycles. The molecule has 1 N–H and O–H groups in total. The van der Waals surface area contributed by atoms with Crippen molar-refractivity contribution < 1.29 is 17.9 Å². The van der Waals surface area contributed by atoms with Gasteiger partial charge in [0.05, 0.1) is 22.7 Å². The van der Waals surface area contributed by atoms with E-state index in [1.165, 1.54) is 6.26 Å². The molecule has 0 aliphatic rings. The Labute approximate surface area is 151 Å². The topological polar surface area (TPSA) is 102 Å². The van der Waals surface area contributed by atoms with E-state index in [2.05, 4.69) is 15.2 Å². The number of fused-ring (bicyclic) bond motifs is 1. The summed E-state index contributed by atoms with van der Waals surface area (Å²) < 4.78 is 29.2. The van der Waals surface area contributed by atoms with Gasteiger partial charge in [-0.3, -0.25) is 14.9 Å². The Kier molecular flexibility index (Phi) is 5.03. The van der Waals surface area contributed by atoms with E-state index < -0.39 is 9.84 Å². The summed E-state index contributed by atoms with van der Waals surface area (Å²) >= 11 is 0. The fraction of sp³-hybridized carbons (Fsp3) is 0.278. The van der Waals surface area contributed by atoms with Gasteiger partial charge in [0, 0.05) is 36.9 Å². The van der Waals surface area contributed by atoms with E-state index in [4.69, 9.17) is 4.74 Å². The number of nitrogens with zero attached hydrogens (tertiary/aromatic N) is 2. The number of aryl methyl sites for hydroxylation is 1. The van der Waals surface area contributed by atoms with E-state index in [-0.39, 0.29) is 11.5 Å². The number of nitrogens with one attached hydrogen (secondary N) is 1. The van der Waals surface area contributed by atoms with Gasteiger partial charge < -0.3 is 4.74 Å². The fourth-order valence-electron chi connectivity index (χ4n) is 2.89. The third-order valence-electron chi connectivity index (χ3n) is 4.08. The molecule has 3 rings (SSSR count). The quantitative estimate of drug-likeness (QED) is 0.502. The standard InChI is InChI=1S/C18H19N3O4S/c1-12-5-15-6-13(8-17(26(2,23)24)18(15)19-9-12)7-16-14(10-20-21-16)3-4-25-11-22/h5-6,8-11H,3-4,7H2,1-2H3,(H,20,21). The average Bonchev–Trinajstić information content (AvgIpc) is 3.00. The van der Waals surface area contributed by atoms with Crippen LogP contribution in [0, 0.1) is 6.92 Å². The second-order valence-corrected chi connectivity index (χ2v) is 8.19. The number of ether oxygens (including phenoxy) is 1. The summed E-state index contributed by atoms with van der Waals surface area (Å²) in [6.07, 6.45) is 5.61. The van der Waals surface area contributed by atoms with Crippen LogP contribution >= 0.6 is 0 Å². The predicted molar refractivity (Wildman–Crippen MR) is 96.7 cm³/mol. The summed E-state index contributed by atoms with van der Waals surface area (Å²) in [6, 6.07) is 5.51. The van der Waals surface area contributed by atoms with Gasteiger partial charge in [0.1, 0.15) is 0 Å². The van der Waals surface area contributed by atoms with Crippen molar-refractivity contribution in [1.29, 1.82) is 0 Å². The molecule has 0 aliphatic heterocycles. The number of hydrogen-bond donors (Lipinski definition) is 1. The number of carbonyl (C=O) groups is 1. The van der Waals surface area contributed by atoms with Crippen LogP contribution in [-0.2, 0) is 32.2 Å². The molecular weight excluding hydrogens is 354 g/mol. The van der Waals surface area contributed by atoms with Crippen LogP contribution in [-0.4, -0.2) is 42.9 Å². The number of pyridine rings is 1. The molecule has 0 unspecified atom stereocenters.